The Hall–Kier alpha value is -2.44. The van der Waals surface area contributed by atoms with Gasteiger partial charge >= 0.3 is 6.61 Å². The van der Waals surface area contributed by atoms with Crippen LogP contribution in [-0.2, 0) is 6.54 Å². The monoisotopic (exact) mass is 323 g/mol. The summed E-state index contributed by atoms with van der Waals surface area (Å²) in [6.45, 7) is 3.48. The highest BCUT2D eigenvalue weighted by Gasteiger charge is 2.11. The van der Waals surface area contributed by atoms with E-state index in [-0.39, 0.29) is 11.5 Å². The molecule has 1 N–H and O–H groups in total. The number of rotatable bonds is 7. The largest absolute Gasteiger partial charge is 0.490 e. The van der Waals surface area contributed by atoms with Crippen LogP contribution in [0.2, 0.25) is 0 Å². The summed E-state index contributed by atoms with van der Waals surface area (Å²) in [5.74, 6) is 0.829. The van der Waals surface area contributed by atoms with Crippen molar-refractivity contribution in [2.24, 2.45) is 0 Å². The summed E-state index contributed by atoms with van der Waals surface area (Å²) >= 11 is 0. The Bertz CT molecular complexity index is 646. The average molecular weight is 323 g/mol. The van der Waals surface area contributed by atoms with E-state index in [0.717, 1.165) is 17.0 Å². The van der Waals surface area contributed by atoms with Gasteiger partial charge in [0.05, 0.1) is 6.61 Å². The molecular formula is C16H19F2N3O2. The number of halogens is 2. The Kier molecular flexibility index (Phi) is 5.67. The molecule has 0 radical (unpaired) electrons. The van der Waals surface area contributed by atoms with Crippen LogP contribution in [0.4, 0.5) is 14.7 Å². The normalized spacial score (nSPS) is 10.7. The first kappa shape index (κ1) is 16.9. The van der Waals surface area contributed by atoms with Gasteiger partial charge in [-0.2, -0.15) is 8.78 Å². The van der Waals surface area contributed by atoms with E-state index in [1.807, 2.05) is 19.9 Å². The highest BCUT2D eigenvalue weighted by molar-refractivity contribution is 5.44. The lowest BCUT2D eigenvalue weighted by Gasteiger charge is -2.13. The van der Waals surface area contributed by atoms with Gasteiger partial charge in [-0.3, -0.25) is 0 Å². The summed E-state index contributed by atoms with van der Waals surface area (Å²) in [4.78, 5) is 8.57. The van der Waals surface area contributed by atoms with E-state index < -0.39 is 6.61 Å². The number of alkyl halides is 2. The number of ether oxygens (including phenoxy) is 2. The molecule has 2 rings (SSSR count). The smallest absolute Gasteiger partial charge is 0.387 e. The van der Waals surface area contributed by atoms with Crippen LogP contribution in [-0.4, -0.2) is 23.2 Å². The maximum atomic E-state index is 12.4. The molecule has 2 aromatic rings. The van der Waals surface area contributed by atoms with Crippen molar-refractivity contribution in [2.45, 2.75) is 33.9 Å². The van der Waals surface area contributed by atoms with Crippen LogP contribution in [0.3, 0.4) is 0 Å². The van der Waals surface area contributed by atoms with Crippen LogP contribution < -0.4 is 14.8 Å². The first-order valence-corrected chi connectivity index (χ1v) is 7.24. The van der Waals surface area contributed by atoms with Crippen LogP contribution in [0.1, 0.15) is 23.9 Å². The number of benzene rings is 1. The molecule has 1 aromatic heterocycles. The molecule has 0 bridgehead atoms. The van der Waals surface area contributed by atoms with Gasteiger partial charge in [0.15, 0.2) is 11.5 Å². The molecule has 1 aromatic carbocycles. The third-order valence-corrected chi connectivity index (χ3v) is 2.96. The molecule has 1 heterocycles. The minimum atomic E-state index is -2.89. The fourth-order valence-electron chi connectivity index (χ4n) is 2.11. The lowest BCUT2D eigenvalue weighted by molar-refractivity contribution is -0.0514. The number of anilines is 1. The third-order valence-electron chi connectivity index (χ3n) is 2.96. The van der Waals surface area contributed by atoms with E-state index in [2.05, 4.69) is 20.0 Å². The first-order chi connectivity index (χ1) is 11.0. The molecule has 0 aliphatic rings. The van der Waals surface area contributed by atoms with Gasteiger partial charge in [0.25, 0.3) is 0 Å². The third kappa shape index (κ3) is 5.05. The predicted octanol–water partition coefficient (Wildman–Crippen LogP) is 3.71. The number of hydrogen-bond acceptors (Lipinski definition) is 5. The minimum absolute atomic E-state index is 0.0215. The van der Waals surface area contributed by atoms with E-state index in [9.17, 15) is 8.78 Å². The van der Waals surface area contributed by atoms with Gasteiger partial charge in [-0.15, -0.1) is 0 Å². The standard InChI is InChI=1S/C16H19F2N3O2/c1-4-22-14-8-12(5-6-13(14)23-15(17)18)9-19-16-20-10(2)7-11(3)21-16/h5-8,15H,4,9H2,1-3H3,(H,19,20,21). The van der Waals surface area contributed by atoms with Crippen LogP contribution in [0.5, 0.6) is 11.5 Å². The van der Waals surface area contributed by atoms with Crippen molar-refractivity contribution in [3.63, 3.8) is 0 Å². The van der Waals surface area contributed by atoms with Gasteiger partial charge in [-0.1, -0.05) is 6.07 Å². The molecule has 0 saturated heterocycles. The Morgan fingerprint density at radius 3 is 2.39 bits per heavy atom. The SMILES string of the molecule is CCOc1cc(CNc2nc(C)cc(C)n2)ccc1OC(F)F. The van der Waals surface area contributed by atoms with Gasteiger partial charge in [-0.05, 0) is 44.5 Å². The molecule has 23 heavy (non-hydrogen) atoms. The van der Waals surface area contributed by atoms with Crippen molar-refractivity contribution in [1.29, 1.82) is 0 Å². The van der Waals surface area contributed by atoms with Gasteiger partial charge in [0, 0.05) is 17.9 Å². The van der Waals surface area contributed by atoms with Crippen molar-refractivity contribution in [3.05, 3.63) is 41.2 Å². The Balaban J connectivity index is 2.11. The second kappa shape index (κ2) is 7.71. The fraction of sp³-hybridized carbons (Fsp3) is 0.375. The number of nitrogens with one attached hydrogen (secondary N) is 1. The summed E-state index contributed by atoms with van der Waals surface area (Å²) < 4.78 is 34.6. The lowest BCUT2D eigenvalue weighted by Crippen LogP contribution is -2.07. The van der Waals surface area contributed by atoms with Crippen molar-refractivity contribution in [2.75, 3.05) is 11.9 Å². The van der Waals surface area contributed by atoms with Gasteiger partial charge < -0.3 is 14.8 Å². The van der Waals surface area contributed by atoms with Crippen molar-refractivity contribution in [3.8, 4) is 11.5 Å². The molecule has 0 fully saturated rings. The average Bonchev–Trinajstić information content (AvgIpc) is 2.46. The van der Waals surface area contributed by atoms with E-state index in [4.69, 9.17) is 4.74 Å². The topological polar surface area (TPSA) is 56.3 Å². The summed E-state index contributed by atoms with van der Waals surface area (Å²) in [5, 5.41) is 3.11. The fourth-order valence-corrected chi connectivity index (χ4v) is 2.11. The Morgan fingerprint density at radius 1 is 1.09 bits per heavy atom. The van der Waals surface area contributed by atoms with Crippen LogP contribution in [0.25, 0.3) is 0 Å². The zero-order chi connectivity index (χ0) is 16.8. The molecule has 0 saturated carbocycles. The summed E-state index contributed by atoms with van der Waals surface area (Å²) in [7, 11) is 0. The van der Waals surface area contributed by atoms with Crippen molar-refractivity contribution in [1.82, 2.24) is 9.97 Å². The highest BCUT2D eigenvalue weighted by Crippen LogP contribution is 2.30. The van der Waals surface area contributed by atoms with E-state index in [1.54, 1.807) is 19.1 Å². The molecule has 0 atom stereocenters. The van der Waals surface area contributed by atoms with Crippen LogP contribution in [0.15, 0.2) is 24.3 Å². The molecule has 0 amide bonds. The predicted molar refractivity (Wildman–Crippen MR) is 83.1 cm³/mol. The quantitative estimate of drug-likeness (QED) is 0.842. The first-order valence-electron chi connectivity index (χ1n) is 7.24. The molecule has 7 heteroatoms. The highest BCUT2D eigenvalue weighted by atomic mass is 19.3. The van der Waals surface area contributed by atoms with Gasteiger partial charge in [0.1, 0.15) is 0 Å². The number of nitrogens with zero attached hydrogens (tertiary/aromatic N) is 2. The summed E-state index contributed by atoms with van der Waals surface area (Å²) in [6.07, 6.45) is 0. The van der Waals surface area contributed by atoms with Gasteiger partial charge in [0.2, 0.25) is 5.95 Å². The van der Waals surface area contributed by atoms with Crippen LogP contribution >= 0.6 is 0 Å². The molecule has 0 spiro atoms. The van der Waals surface area contributed by atoms with E-state index in [1.165, 1.54) is 6.07 Å². The zero-order valence-electron chi connectivity index (χ0n) is 13.3. The van der Waals surface area contributed by atoms with Crippen molar-refractivity contribution < 1.29 is 18.3 Å². The maximum Gasteiger partial charge on any atom is 0.387 e. The summed E-state index contributed by atoms with van der Waals surface area (Å²) in [6, 6.07) is 6.71. The second-order valence-corrected chi connectivity index (χ2v) is 4.92. The molecule has 124 valence electrons. The molecule has 5 nitrogen and oxygen atoms in total. The molecular weight excluding hydrogens is 304 g/mol. The second-order valence-electron chi connectivity index (χ2n) is 4.92. The van der Waals surface area contributed by atoms with Gasteiger partial charge in [-0.25, -0.2) is 9.97 Å². The van der Waals surface area contributed by atoms with Crippen molar-refractivity contribution >= 4 is 5.95 Å². The molecule has 0 aliphatic carbocycles. The minimum Gasteiger partial charge on any atom is -0.490 e. The molecule has 0 aliphatic heterocycles. The maximum absolute atomic E-state index is 12.4. The molecule has 0 unspecified atom stereocenters. The zero-order valence-corrected chi connectivity index (χ0v) is 13.3. The Labute approximate surface area is 133 Å². The Morgan fingerprint density at radius 2 is 1.78 bits per heavy atom. The number of hydrogen-bond donors (Lipinski definition) is 1. The van der Waals surface area contributed by atoms with E-state index >= 15 is 0 Å². The van der Waals surface area contributed by atoms with E-state index in [0.29, 0.717) is 19.1 Å². The summed E-state index contributed by atoms with van der Waals surface area (Å²) in [5.41, 5.74) is 2.59. The number of aromatic nitrogens is 2. The lowest BCUT2D eigenvalue weighted by atomic mass is 10.2. The van der Waals surface area contributed by atoms with Crippen LogP contribution in [0, 0.1) is 13.8 Å². The number of aryl methyl sites for hydroxylation is 2.